The average molecular weight is 482 g/mol. The van der Waals surface area contributed by atoms with E-state index in [1.54, 1.807) is 11.7 Å². The Labute approximate surface area is 199 Å². The molecule has 3 aromatic carbocycles. The van der Waals surface area contributed by atoms with Crippen molar-refractivity contribution in [3.8, 4) is 0 Å². The lowest BCUT2D eigenvalue weighted by atomic mass is 10.00. The zero-order chi connectivity index (χ0) is 24.1. The van der Waals surface area contributed by atoms with Crippen LogP contribution in [0.1, 0.15) is 34.1 Å². The molecule has 1 aromatic heterocycles. The fourth-order valence-corrected chi connectivity index (χ4v) is 3.92. The second-order valence-corrected chi connectivity index (χ2v) is 8.18. The Morgan fingerprint density at radius 2 is 1.88 bits per heavy atom. The first-order chi connectivity index (χ1) is 16.4. The smallest absolute Gasteiger partial charge is 0.253 e. The van der Waals surface area contributed by atoms with E-state index in [1.165, 1.54) is 10.7 Å². The summed E-state index contributed by atoms with van der Waals surface area (Å²) < 4.78 is 14.7. The Bertz CT molecular complexity index is 1340. The highest BCUT2D eigenvalue weighted by molar-refractivity contribution is 6.33. The molecule has 174 valence electrons. The summed E-state index contributed by atoms with van der Waals surface area (Å²) in [6, 6.07) is 17.1. The van der Waals surface area contributed by atoms with Crippen LogP contribution in [0, 0.1) is 5.82 Å². The van der Waals surface area contributed by atoms with Crippen molar-refractivity contribution in [3.05, 3.63) is 94.5 Å². The van der Waals surface area contributed by atoms with Crippen LogP contribution in [0.4, 0.5) is 4.39 Å². The molecule has 8 nitrogen and oxygen atoms in total. The van der Waals surface area contributed by atoms with E-state index in [2.05, 4.69) is 15.6 Å². The van der Waals surface area contributed by atoms with Gasteiger partial charge in [-0.2, -0.15) is 0 Å². The highest BCUT2D eigenvalue weighted by Crippen LogP contribution is 2.22. The van der Waals surface area contributed by atoms with Crippen LogP contribution in [-0.2, 0) is 17.8 Å². The van der Waals surface area contributed by atoms with Crippen LogP contribution < -0.4 is 10.8 Å². The lowest BCUT2D eigenvalue weighted by Crippen LogP contribution is -2.25. The summed E-state index contributed by atoms with van der Waals surface area (Å²) in [7, 11) is 0. The summed E-state index contributed by atoms with van der Waals surface area (Å²) >= 11 is 5.94. The maximum atomic E-state index is 13.2. The molecule has 1 heterocycles. The quantitative estimate of drug-likeness (QED) is 0.262. The molecule has 0 saturated heterocycles. The second-order valence-electron chi connectivity index (χ2n) is 7.78. The normalized spacial score (nSPS) is 11.9. The number of benzene rings is 3. The molecular formula is C24H21ClFN5O3. The lowest BCUT2D eigenvalue weighted by molar-refractivity contribution is -0.130. The predicted molar refractivity (Wildman–Crippen MR) is 124 cm³/mol. The summed E-state index contributed by atoms with van der Waals surface area (Å²) in [4.78, 5) is 24.3. The first-order valence-corrected chi connectivity index (χ1v) is 10.9. The van der Waals surface area contributed by atoms with Crippen LogP contribution in [0.3, 0.4) is 0 Å². The van der Waals surface area contributed by atoms with E-state index in [0.717, 1.165) is 28.5 Å². The Kier molecular flexibility index (Phi) is 7.15. The van der Waals surface area contributed by atoms with E-state index >= 15 is 0 Å². The molecule has 3 N–H and O–H groups in total. The van der Waals surface area contributed by atoms with Crippen molar-refractivity contribution in [1.29, 1.82) is 0 Å². The Morgan fingerprint density at radius 1 is 1.09 bits per heavy atom. The van der Waals surface area contributed by atoms with E-state index in [-0.39, 0.29) is 23.6 Å². The number of rotatable bonds is 8. The minimum atomic E-state index is -0.554. The van der Waals surface area contributed by atoms with Gasteiger partial charge in [-0.15, -0.1) is 5.10 Å². The number of nitrogens with zero attached hydrogens (tertiary/aromatic N) is 3. The molecular weight excluding hydrogens is 461 g/mol. The topological polar surface area (TPSA) is 109 Å². The summed E-state index contributed by atoms with van der Waals surface area (Å²) in [5.41, 5.74) is 3.25. The zero-order valence-electron chi connectivity index (χ0n) is 17.9. The number of hydrogen-bond donors (Lipinski definition) is 3. The molecule has 0 spiro atoms. The fourth-order valence-electron chi connectivity index (χ4n) is 3.67. The van der Waals surface area contributed by atoms with Crippen molar-refractivity contribution in [1.82, 2.24) is 25.8 Å². The number of nitrogens with one attached hydrogen (secondary N) is 2. The first kappa shape index (κ1) is 23.3. The van der Waals surface area contributed by atoms with Gasteiger partial charge in [-0.3, -0.25) is 14.8 Å². The van der Waals surface area contributed by atoms with E-state index in [4.69, 9.17) is 16.8 Å². The van der Waals surface area contributed by atoms with Crippen LogP contribution in [0.15, 0.2) is 66.9 Å². The molecule has 0 saturated carbocycles. The molecule has 0 aliphatic heterocycles. The number of carbonyl (C=O) groups is 2. The van der Waals surface area contributed by atoms with Gasteiger partial charge in [0.2, 0.25) is 5.91 Å². The fraction of sp³-hybridized carbons (Fsp3) is 0.167. The highest BCUT2D eigenvalue weighted by Gasteiger charge is 2.19. The molecule has 2 amide bonds. The van der Waals surface area contributed by atoms with Crippen molar-refractivity contribution in [2.45, 2.75) is 25.4 Å². The molecule has 0 aliphatic carbocycles. The predicted octanol–water partition coefficient (Wildman–Crippen LogP) is 3.83. The van der Waals surface area contributed by atoms with Crippen LogP contribution in [0.25, 0.3) is 10.8 Å². The SMILES string of the molecule is O=C(C[C@@H](Cc1ccc2ccccc2c1)n1cc(CNC(=O)c2ccc(F)cc2Cl)nn1)NO. The largest absolute Gasteiger partial charge is 0.346 e. The van der Waals surface area contributed by atoms with Crippen LogP contribution in [0.5, 0.6) is 0 Å². The minimum Gasteiger partial charge on any atom is -0.346 e. The third-order valence-electron chi connectivity index (χ3n) is 5.37. The summed E-state index contributed by atoms with van der Waals surface area (Å²) in [5, 5.41) is 22.1. The van der Waals surface area contributed by atoms with E-state index < -0.39 is 23.7 Å². The Balaban J connectivity index is 1.48. The Hall–Kier alpha value is -3.82. The number of hydroxylamine groups is 1. The van der Waals surface area contributed by atoms with Gasteiger partial charge in [0.1, 0.15) is 11.5 Å². The molecule has 10 heteroatoms. The van der Waals surface area contributed by atoms with Gasteiger partial charge >= 0.3 is 0 Å². The number of carbonyl (C=O) groups excluding carboxylic acids is 2. The van der Waals surface area contributed by atoms with Gasteiger partial charge < -0.3 is 5.32 Å². The highest BCUT2D eigenvalue weighted by atomic mass is 35.5. The molecule has 0 unspecified atom stereocenters. The van der Waals surface area contributed by atoms with Crippen LogP contribution >= 0.6 is 11.6 Å². The van der Waals surface area contributed by atoms with Gasteiger partial charge in [0.15, 0.2) is 0 Å². The number of aromatic nitrogens is 3. The van der Waals surface area contributed by atoms with Crippen molar-refractivity contribution < 1.29 is 19.2 Å². The van der Waals surface area contributed by atoms with Gasteiger partial charge in [-0.25, -0.2) is 14.6 Å². The summed E-state index contributed by atoms with van der Waals surface area (Å²) in [6.07, 6.45) is 2.07. The van der Waals surface area contributed by atoms with Crippen molar-refractivity contribution in [2.24, 2.45) is 0 Å². The van der Waals surface area contributed by atoms with Gasteiger partial charge in [0.05, 0.1) is 35.8 Å². The maximum absolute atomic E-state index is 13.2. The van der Waals surface area contributed by atoms with E-state index in [9.17, 15) is 14.0 Å². The maximum Gasteiger partial charge on any atom is 0.253 e. The average Bonchev–Trinajstić information content (AvgIpc) is 3.31. The molecule has 34 heavy (non-hydrogen) atoms. The summed E-state index contributed by atoms with van der Waals surface area (Å²) in [5.74, 6) is -1.57. The monoisotopic (exact) mass is 481 g/mol. The van der Waals surface area contributed by atoms with Crippen molar-refractivity contribution in [3.63, 3.8) is 0 Å². The van der Waals surface area contributed by atoms with Gasteiger partial charge in [-0.05, 0) is 41.0 Å². The summed E-state index contributed by atoms with van der Waals surface area (Å²) in [6.45, 7) is 0.0570. The third kappa shape index (κ3) is 5.56. The third-order valence-corrected chi connectivity index (χ3v) is 5.68. The minimum absolute atomic E-state index is 0.00613. The van der Waals surface area contributed by atoms with E-state index in [1.807, 2.05) is 42.5 Å². The number of amides is 2. The number of hydrogen-bond acceptors (Lipinski definition) is 5. The molecule has 4 aromatic rings. The van der Waals surface area contributed by atoms with Crippen LogP contribution in [-0.4, -0.2) is 32.0 Å². The van der Waals surface area contributed by atoms with Crippen LogP contribution in [0.2, 0.25) is 5.02 Å². The zero-order valence-corrected chi connectivity index (χ0v) is 18.7. The lowest BCUT2D eigenvalue weighted by Gasteiger charge is -2.16. The molecule has 1 atom stereocenters. The molecule has 4 rings (SSSR count). The molecule has 0 fully saturated rings. The molecule has 0 radical (unpaired) electrons. The number of halogens is 2. The number of fused-ring (bicyclic) bond motifs is 1. The first-order valence-electron chi connectivity index (χ1n) is 10.5. The molecule has 0 aliphatic rings. The second kappa shape index (κ2) is 10.4. The van der Waals surface area contributed by atoms with Gasteiger partial charge in [0, 0.05) is 0 Å². The van der Waals surface area contributed by atoms with Gasteiger partial charge in [0.25, 0.3) is 5.91 Å². The Morgan fingerprint density at radius 3 is 2.65 bits per heavy atom. The van der Waals surface area contributed by atoms with Gasteiger partial charge in [-0.1, -0.05) is 59.3 Å². The van der Waals surface area contributed by atoms with Crippen molar-refractivity contribution in [2.75, 3.05) is 0 Å². The standard InChI is InChI=1S/C24H21ClFN5O3/c25-22-11-18(26)7-8-21(22)24(33)27-13-19-14-31(30-28-19)20(12-23(32)29-34)10-15-5-6-16-3-1-2-4-17(16)9-15/h1-9,11,14,20,34H,10,12-13H2,(H,27,33)(H,29,32)/t20-/m1/s1. The van der Waals surface area contributed by atoms with Crippen molar-refractivity contribution >= 4 is 34.2 Å². The molecule has 0 bridgehead atoms. The van der Waals surface area contributed by atoms with E-state index in [0.29, 0.717) is 12.1 Å².